The number of hydrogen-bond donors (Lipinski definition) is 1. The van der Waals surface area contributed by atoms with Gasteiger partial charge in [0.25, 0.3) is 5.69 Å². The topological polar surface area (TPSA) is 147 Å². The van der Waals surface area contributed by atoms with Crippen LogP contribution in [0.3, 0.4) is 0 Å². The first kappa shape index (κ1) is 31.5. The summed E-state index contributed by atoms with van der Waals surface area (Å²) < 4.78 is 24.2. The number of methoxy groups -OCH3 is 1. The number of halogens is 1. The van der Waals surface area contributed by atoms with Crippen molar-refractivity contribution < 1.29 is 33.1 Å². The second-order valence-corrected chi connectivity index (χ2v) is 10.3. The summed E-state index contributed by atoms with van der Waals surface area (Å²) in [5.74, 6) is -0.350. The Morgan fingerprint density at radius 2 is 1.70 bits per heavy atom. The van der Waals surface area contributed by atoms with E-state index in [-0.39, 0.29) is 45.7 Å². The Morgan fingerprint density at radius 1 is 0.978 bits per heavy atom. The van der Waals surface area contributed by atoms with Crippen molar-refractivity contribution in [1.29, 1.82) is 0 Å². The molecule has 13 heteroatoms. The van der Waals surface area contributed by atoms with Gasteiger partial charge in [-0.3, -0.25) is 14.9 Å². The average Bonchev–Trinajstić information content (AvgIpc) is 3.66. The van der Waals surface area contributed by atoms with E-state index in [1.165, 1.54) is 37.4 Å². The number of aryl methyl sites for hydroxylation is 2. The number of furan rings is 1. The third kappa shape index (κ3) is 7.25. The number of nitro benzene ring substituents is 1. The van der Waals surface area contributed by atoms with E-state index in [1.54, 1.807) is 12.1 Å². The minimum atomic E-state index is -0.820. The molecular weight excluding hydrogens is 616 g/mol. The summed E-state index contributed by atoms with van der Waals surface area (Å²) in [4.78, 5) is 36.3. The molecule has 0 spiro atoms. The second-order valence-electron chi connectivity index (χ2n) is 9.91. The molecule has 3 aromatic carbocycles. The summed E-state index contributed by atoms with van der Waals surface area (Å²) in [6, 6.07) is 22.7. The van der Waals surface area contributed by atoms with Gasteiger partial charge in [0.15, 0.2) is 5.76 Å². The second kappa shape index (κ2) is 13.8. The number of amides is 1. The molecule has 0 atom stereocenters. The molecule has 5 aromatic rings. The molecule has 46 heavy (non-hydrogen) atoms. The van der Waals surface area contributed by atoms with Crippen molar-refractivity contribution in [1.82, 2.24) is 9.99 Å². The van der Waals surface area contributed by atoms with Crippen LogP contribution < -0.4 is 19.6 Å². The minimum Gasteiger partial charge on any atom is -0.496 e. The lowest BCUT2D eigenvalue weighted by molar-refractivity contribution is -0.384. The molecule has 1 amide bonds. The maximum atomic E-state index is 12.9. The summed E-state index contributed by atoms with van der Waals surface area (Å²) in [5.41, 5.74) is 5.37. The van der Waals surface area contributed by atoms with E-state index >= 15 is 0 Å². The Hall–Kier alpha value is -5.88. The molecule has 1 N–H and O–H groups in total. The van der Waals surface area contributed by atoms with E-state index in [0.29, 0.717) is 11.5 Å². The van der Waals surface area contributed by atoms with Crippen molar-refractivity contribution in [3.05, 3.63) is 134 Å². The Kier molecular flexibility index (Phi) is 9.48. The van der Waals surface area contributed by atoms with Crippen LogP contribution in [0.5, 0.6) is 17.2 Å². The lowest BCUT2D eigenvalue weighted by Gasteiger charge is -2.10. The molecule has 0 aliphatic heterocycles. The Morgan fingerprint density at radius 3 is 2.39 bits per heavy atom. The number of carbonyl (C=O) groups excluding carboxylic acids is 2. The number of benzene rings is 3. The maximum Gasteiger partial charge on any atom is 0.347 e. The number of hydrazone groups is 1. The number of esters is 1. The van der Waals surface area contributed by atoms with Crippen LogP contribution in [-0.4, -0.2) is 34.7 Å². The number of nitrogens with zero attached hydrogens (tertiary/aromatic N) is 3. The SMILES string of the molecule is COc1ccc(Cl)cc1C(=O)Oc1ccc([N+](=O)[O-])cc1/C=N/NC(=O)c1ccc(COc2ccc(-n3c(C)ccc3C)cc2)o1. The fourth-order valence-corrected chi connectivity index (χ4v) is 4.72. The Bertz CT molecular complexity index is 1930. The first-order valence-corrected chi connectivity index (χ1v) is 14.1. The van der Waals surface area contributed by atoms with Gasteiger partial charge in [-0.15, -0.1) is 0 Å². The first-order chi connectivity index (χ1) is 22.1. The van der Waals surface area contributed by atoms with E-state index < -0.39 is 16.8 Å². The molecule has 0 radical (unpaired) electrons. The van der Waals surface area contributed by atoms with Crippen LogP contribution in [0.25, 0.3) is 5.69 Å². The highest BCUT2D eigenvalue weighted by Gasteiger charge is 2.19. The van der Waals surface area contributed by atoms with Crippen molar-refractivity contribution in [3.63, 3.8) is 0 Å². The van der Waals surface area contributed by atoms with E-state index in [9.17, 15) is 19.7 Å². The standard InChI is InChI=1S/C33H27ClN4O8/c1-20-4-5-21(2)37(20)24-7-10-26(11-8-24)44-19-27-12-15-31(45-27)32(39)36-35-18-22-16-25(38(41)42)9-14-29(22)46-33(40)28-17-23(34)6-13-30(28)43-3/h4-18H,19H2,1-3H3,(H,36,39)/b35-18+. The normalized spacial score (nSPS) is 11.0. The molecule has 0 aliphatic rings. The van der Waals surface area contributed by atoms with Crippen LogP contribution in [0.2, 0.25) is 5.02 Å². The van der Waals surface area contributed by atoms with E-state index in [1.807, 2.05) is 38.1 Å². The number of nitro groups is 1. The van der Waals surface area contributed by atoms with Crippen LogP contribution in [-0.2, 0) is 6.61 Å². The number of carbonyl (C=O) groups is 2. The fraction of sp³-hybridized carbons (Fsp3) is 0.121. The highest BCUT2D eigenvalue weighted by molar-refractivity contribution is 6.31. The summed E-state index contributed by atoms with van der Waals surface area (Å²) in [6.07, 6.45) is 1.11. The summed E-state index contributed by atoms with van der Waals surface area (Å²) >= 11 is 6.02. The lowest BCUT2D eigenvalue weighted by Crippen LogP contribution is -2.17. The lowest BCUT2D eigenvalue weighted by atomic mass is 10.1. The minimum absolute atomic E-state index is 0.0385. The van der Waals surface area contributed by atoms with Crippen LogP contribution in [0.15, 0.2) is 94.4 Å². The molecule has 0 aliphatic carbocycles. The molecule has 0 saturated carbocycles. The molecule has 0 unspecified atom stereocenters. The smallest absolute Gasteiger partial charge is 0.347 e. The average molecular weight is 643 g/mol. The van der Waals surface area contributed by atoms with Gasteiger partial charge in [0, 0.05) is 39.8 Å². The van der Waals surface area contributed by atoms with Crippen molar-refractivity contribution in [2.45, 2.75) is 20.5 Å². The Balaban J connectivity index is 1.22. The number of nitrogens with one attached hydrogen (secondary N) is 1. The third-order valence-corrected chi connectivity index (χ3v) is 7.03. The Labute approximate surface area is 267 Å². The molecule has 0 bridgehead atoms. The number of hydrogen-bond acceptors (Lipinski definition) is 9. The number of ether oxygens (including phenoxy) is 3. The van der Waals surface area contributed by atoms with Gasteiger partial charge in [-0.05, 0) is 86.6 Å². The van der Waals surface area contributed by atoms with Crippen molar-refractivity contribution in [2.75, 3.05) is 7.11 Å². The van der Waals surface area contributed by atoms with Gasteiger partial charge in [-0.2, -0.15) is 5.10 Å². The molecule has 2 aromatic heterocycles. The number of aromatic nitrogens is 1. The van der Waals surface area contributed by atoms with E-state index in [0.717, 1.165) is 29.4 Å². The third-order valence-electron chi connectivity index (χ3n) is 6.79. The van der Waals surface area contributed by atoms with E-state index in [4.69, 9.17) is 30.2 Å². The zero-order chi connectivity index (χ0) is 32.8. The van der Waals surface area contributed by atoms with Crippen LogP contribution in [0.1, 0.15) is 43.6 Å². The highest BCUT2D eigenvalue weighted by atomic mass is 35.5. The zero-order valence-corrected chi connectivity index (χ0v) is 25.6. The predicted molar refractivity (Wildman–Crippen MR) is 169 cm³/mol. The van der Waals surface area contributed by atoms with Gasteiger partial charge in [0.2, 0.25) is 0 Å². The predicted octanol–water partition coefficient (Wildman–Crippen LogP) is 6.82. The quantitative estimate of drug-likeness (QED) is 0.0543. The van der Waals surface area contributed by atoms with Gasteiger partial charge in [-0.1, -0.05) is 11.6 Å². The van der Waals surface area contributed by atoms with Crippen molar-refractivity contribution in [3.8, 4) is 22.9 Å². The summed E-state index contributed by atoms with van der Waals surface area (Å²) in [7, 11) is 1.38. The highest BCUT2D eigenvalue weighted by Crippen LogP contribution is 2.28. The van der Waals surface area contributed by atoms with Gasteiger partial charge in [0.05, 0.1) is 18.2 Å². The van der Waals surface area contributed by atoms with Crippen LogP contribution in [0, 0.1) is 24.0 Å². The number of rotatable bonds is 11. The maximum absolute atomic E-state index is 12.9. The van der Waals surface area contributed by atoms with Gasteiger partial charge in [0.1, 0.15) is 35.2 Å². The molecule has 5 rings (SSSR count). The summed E-state index contributed by atoms with van der Waals surface area (Å²) in [6.45, 7) is 4.16. The largest absolute Gasteiger partial charge is 0.496 e. The molecule has 234 valence electrons. The molecule has 0 fully saturated rings. The molecular formula is C33H27ClN4O8. The molecule has 2 heterocycles. The van der Waals surface area contributed by atoms with Gasteiger partial charge in [-0.25, -0.2) is 10.2 Å². The van der Waals surface area contributed by atoms with Crippen molar-refractivity contribution >= 4 is 35.4 Å². The van der Waals surface area contributed by atoms with Gasteiger partial charge < -0.3 is 23.2 Å². The van der Waals surface area contributed by atoms with Crippen LogP contribution >= 0.6 is 11.6 Å². The molecule has 12 nitrogen and oxygen atoms in total. The van der Waals surface area contributed by atoms with Crippen molar-refractivity contribution in [2.24, 2.45) is 5.10 Å². The zero-order valence-electron chi connectivity index (χ0n) is 24.9. The van der Waals surface area contributed by atoms with Gasteiger partial charge >= 0.3 is 11.9 Å². The number of non-ortho nitro benzene ring substituents is 1. The molecule has 0 saturated heterocycles. The van der Waals surface area contributed by atoms with Crippen LogP contribution in [0.4, 0.5) is 5.69 Å². The summed E-state index contributed by atoms with van der Waals surface area (Å²) in [5, 5.41) is 15.5. The monoisotopic (exact) mass is 642 g/mol. The van der Waals surface area contributed by atoms with E-state index in [2.05, 4.69) is 27.2 Å². The fourth-order valence-electron chi connectivity index (χ4n) is 4.55. The first-order valence-electron chi connectivity index (χ1n) is 13.8.